The van der Waals surface area contributed by atoms with Gasteiger partial charge in [0.05, 0.1) is 17.3 Å². The zero-order chi connectivity index (χ0) is 25.4. The lowest BCUT2D eigenvalue weighted by molar-refractivity contribution is -0.133. The van der Waals surface area contributed by atoms with E-state index < -0.39 is 6.43 Å². The molecule has 4 heterocycles. The number of carbonyl (C=O) groups excluding carboxylic acids is 1. The minimum atomic E-state index is -2.73. The molecule has 3 aromatic heterocycles. The maximum atomic E-state index is 13.9. The summed E-state index contributed by atoms with van der Waals surface area (Å²) in [5, 5.41) is 5.88. The molecule has 4 aromatic rings. The maximum Gasteiger partial charge on any atom is 0.264 e. The third-order valence-corrected chi connectivity index (χ3v) is 7.08. The lowest BCUT2D eigenvalue weighted by atomic mass is 10.1. The van der Waals surface area contributed by atoms with E-state index in [1.807, 2.05) is 18.2 Å². The number of nitrogens with zero attached hydrogens (tertiary/aromatic N) is 5. The minimum Gasteiger partial charge on any atom is -0.463 e. The second kappa shape index (κ2) is 10.2. The molecule has 1 aromatic carbocycles. The zero-order valence-corrected chi connectivity index (χ0v) is 20.9. The van der Waals surface area contributed by atoms with E-state index in [1.54, 1.807) is 24.0 Å². The Bertz CT molecular complexity index is 1380. The van der Waals surface area contributed by atoms with Gasteiger partial charge in [0.15, 0.2) is 11.4 Å². The first-order chi connectivity index (χ1) is 17.3. The Labute approximate surface area is 216 Å². The van der Waals surface area contributed by atoms with Gasteiger partial charge < -0.3 is 9.32 Å². The first-order valence-electron chi connectivity index (χ1n) is 11.4. The van der Waals surface area contributed by atoms with Crippen molar-refractivity contribution in [2.24, 2.45) is 0 Å². The van der Waals surface area contributed by atoms with Gasteiger partial charge in [-0.2, -0.15) is 5.10 Å². The molecular formula is C25H23Cl2F2N5O2. The Kier molecular flexibility index (Phi) is 6.96. The molecule has 1 saturated heterocycles. The van der Waals surface area contributed by atoms with Gasteiger partial charge >= 0.3 is 0 Å². The molecule has 0 N–H and O–H groups in total. The van der Waals surface area contributed by atoms with Crippen molar-refractivity contribution in [3.05, 3.63) is 69.5 Å². The van der Waals surface area contributed by atoms with Crippen molar-refractivity contribution in [1.29, 1.82) is 0 Å². The van der Waals surface area contributed by atoms with Crippen LogP contribution in [0.4, 0.5) is 8.78 Å². The Balaban J connectivity index is 1.33. The molecule has 0 aliphatic carbocycles. The fourth-order valence-corrected chi connectivity index (χ4v) is 5.03. The van der Waals surface area contributed by atoms with Crippen LogP contribution >= 0.6 is 23.2 Å². The van der Waals surface area contributed by atoms with Crippen molar-refractivity contribution >= 4 is 40.1 Å². The summed E-state index contributed by atoms with van der Waals surface area (Å²) >= 11 is 12.6. The number of benzene rings is 1. The third kappa shape index (κ3) is 4.83. The smallest absolute Gasteiger partial charge is 0.264 e. The van der Waals surface area contributed by atoms with E-state index in [1.165, 1.54) is 17.0 Å². The SMILES string of the molecule is Cc1nn(CC(=O)N2CCN(Cc3c(Cl)cccc3Cl)CC2)c2nc(-c3ccco3)cc(C(F)F)c12. The van der Waals surface area contributed by atoms with Gasteiger partial charge in [0.1, 0.15) is 12.2 Å². The molecule has 0 radical (unpaired) electrons. The van der Waals surface area contributed by atoms with Crippen LogP contribution in [0, 0.1) is 6.92 Å². The molecule has 1 aliphatic rings. The van der Waals surface area contributed by atoms with Crippen LogP contribution in [-0.2, 0) is 17.9 Å². The summed E-state index contributed by atoms with van der Waals surface area (Å²) in [6, 6.07) is 10.1. The van der Waals surface area contributed by atoms with Crippen LogP contribution in [0.5, 0.6) is 0 Å². The molecule has 0 atom stereocenters. The highest BCUT2D eigenvalue weighted by atomic mass is 35.5. The summed E-state index contributed by atoms with van der Waals surface area (Å²) in [6.07, 6.45) is -1.27. The number of halogens is 4. The number of furan rings is 1. The minimum absolute atomic E-state index is 0.0992. The summed E-state index contributed by atoms with van der Waals surface area (Å²) in [6.45, 7) is 4.49. The number of aromatic nitrogens is 3. The van der Waals surface area contributed by atoms with Gasteiger partial charge in [-0.3, -0.25) is 9.69 Å². The van der Waals surface area contributed by atoms with E-state index in [-0.39, 0.29) is 34.7 Å². The van der Waals surface area contributed by atoms with Gasteiger partial charge in [0, 0.05) is 53.9 Å². The van der Waals surface area contributed by atoms with Crippen molar-refractivity contribution in [3.63, 3.8) is 0 Å². The molecule has 1 amide bonds. The second-order valence-corrected chi connectivity index (χ2v) is 9.49. The van der Waals surface area contributed by atoms with Crippen molar-refractivity contribution in [3.8, 4) is 11.5 Å². The lowest BCUT2D eigenvalue weighted by Crippen LogP contribution is -2.49. The largest absolute Gasteiger partial charge is 0.463 e. The molecule has 0 unspecified atom stereocenters. The van der Waals surface area contributed by atoms with E-state index in [0.717, 1.165) is 5.56 Å². The molecule has 188 valence electrons. The average molecular weight is 534 g/mol. The number of amides is 1. The number of fused-ring (bicyclic) bond motifs is 1. The quantitative estimate of drug-likeness (QED) is 0.323. The van der Waals surface area contributed by atoms with Crippen LogP contribution in [-0.4, -0.2) is 56.7 Å². The number of piperazine rings is 1. The second-order valence-electron chi connectivity index (χ2n) is 8.67. The van der Waals surface area contributed by atoms with Crippen LogP contribution in [0.15, 0.2) is 47.1 Å². The molecule has 36 heavy (non-hydrogen) atoms. The first-order valence-corrected chi connectivity index (χ1v) is 12.2. The van der Waals surface area contributed by atoms with Crippen LogP contribution in [0.3, 0.4) is 0 Å². The zero-order valence-electron chi connectivity index (χ0n) is 19.4. The summed E-state index contributed by atoms with van der Waals surface area (Å²) in [4.78, 5) is 21.6. The van der Waals surface area contributed by atoms with Crippen molar-refractivity contribution < 1.29 is 18.0 Å². The summed E-state index contributed by atoms with van der Waals surface area (Å²) in [5.74, 6) is 0.212. The molecule has 0 spiro atoms. The average Bonchev–Trinajstić information content (AvgIpc) is 3.50. The van der Waals surface area contributed by atoms with E-state index in [2.05, 4.69) is 15.0 Å². The van der Waals surface area contributed by atoms with E-state index in [9.17, 15) is 13.6 Å². The van der Waals surface area contributed by atoms with Crippen molar-refractivity contribution in [1.82, 2.24) is 24.6 Å². The topological polar surface area (TPSA) is 67.4 Å². The number of carbonyl (C=O) groups is 1. The van der Waals surface area contributed by atoms with Gasteiger partial charge in [-0.25, -0.2) is 18.4 Å². The monoisotopic (exact) mass is 533 g/mol. The highest BCUT2D eigenvalue weighted by Gasteiger charge is 2.26. The standard InChI is InChI=1S/C25H23Cl2F2N5O2/c1-15-23-16(24(28)29)12-20(21-6-3-11-36-21)30-25(23)34(31-15)14-22(35)33-9-7-32(8-10-33)13-17-18(26)4-2-5-19(17)27/h2-6,11-12,24H,7-10,13-14H2,1H3. The summed E-state index contributed by atoms with van der Waals surface area (Å²) < 4.78 is 34.6. The predicted molar refractivity (Wildman–Crippen MR) is 133 cm³/mol. The predicted octanol–water partition coefficient (Wildman–Crippen LogP) is 5.59. The van der Waals surface area contributed by atoms with Gasteiger partial charge in [0.2, 0.25) is 5.91 Å². The van der Waals surface area contributed by atoms with Gasteiger partial charge in [-0.1, -0.05) is 29.3 Å². The van der Waals surface area contributed by atoms with Crippen LogP contribution < -0.4 is 0 Å². The van der Waals surface area contributed by atoms with Crippen LogP contribution in [0.25, 0.3) is 22.5 Å². The fraction of sp³-hybridized carbons (Fsp3) is 0.320. The van der Waals surface area contributed by atoms with Crippen LogP contribution in [0.1, 0.15) is 23.2 Å². The third-order valence-electron chi connectivity index (χ3n) is 6.37. The van der Waals surface area contributed by atoms with Gasteiger partial charge in [-0.05, 0) is 37.3 Å². The molecule has 7 nitrogen and oxygen atoms in total. The highest BCUT2D eigenvalue weighted by molar-refractivity contribution is 6.35. The lowest BCUT2D eigenvalue weighted by Gasteiger charge is -2.35. The molecule has 5 rings (SSSR count). The van der Waals surface area contributed by atoms with Crippen molar-refractivity contribution in [2.75, 3.05) is 26.2 Å². The molecule has 11 heteroatoms. The molecule has 1 fully saturated rings. The first kappa shape index (κ1) is 24.7. The molecule has 0 bridgehead atoms. The van der Waals surface area contributed by atoms with Crippen molar-refractivity contribution in [2.45, 2.75) is 26.4 Å². The Morgan fingerprint density at radius 3 is 2.47 bits per heavy atom. The molecule has 0 saturated carbocycles. The number of hydrogen-bond acceptors (Lipinski definition) is 5. The molecular weight excluding hydrogens is 511 g/mol. The fourth-order valence-electron chi connectivity index (χ4n) is 4.51. The Morgan fingerprint density at radius 1 is 1.11 bits per heavy atom. The molecule has 1 aliphatic heterocycles. The van der Waals surface area contributed by atoms with Crippen LogP contribution in [0.2, 0.25) is 10.0 Å². The van der Waals surface area contributed by atoms with E-state index in [0.29, 0.717) is 54.2 Å². The number of pyridine rings is 1. The number of rotatable bonds is 6. The van der Waals surface area contributed by atoms with Gasteiger partial charge in [-0.15, -0.1) is 0 Å². The summed E-state index contributed by atoms with van der Waals surface area (Å²) in [7, 11) is 0. The van der Waals surface area contributed by atoms with Gasteiger partial charge in [0.25, 0.3) is 6.43 Å². The normalized spacial score (nSPS) is 14.8. The number of alkyl halides is 2. The highest BCUT2D eigenvalue weighted by Crippen LogP contribution is 2.33. The summed E-state index contributed by atoms with van der Waals surface area (Å²) in [5.41, 5.74) is 1.58. The maximum absolute atomic E-state index is 13.9. The Hall–Kier alpha value is -3.01. The van der Waals surface area contributed by atoms with E-state index >= 15 is 0 Å². The number of hydrogen-bond donors (Lipinski definition) is 0. The number of aryl methyl sites for hydroxylation is 1. The Morgan fingerprint density at radius 2 is 1.83 bits per heavy atom. The van der Waals surface area contributed by atoms with E-state index in [4.69, 9.17) is 27.6 Å².